The summed E-state index contributed by atoms with van der Waals surface area (Å²) < 4.78 is 0. The molecule has 0 aliphatic carbocycles. The SMILES string of the molecule is Cc1ccccc1[C@H]1C[C@@H](C)N(C(=O)C2CCNCC2)C1. The van der Waals surface area contributed by atoms with Crippen LogP contribution in [0.5, 0.6) is 0 Å². The van der Waals surface area contributed by atoms with Crippen molar-refractivity contribution in [2.24, 2.45) is 5.92 Å². The minimum absolute atomic E-state index is 0.240. The van der Waals surface area contributed by atoms with Gasteiger partial charge < -0.3 is 10.2 Å². The predicted molar refractivity (Wildman–Crippen MR) is 85.3 cm³/mol. The minimum atomic E-state index is 0.240. The van der Waals surface area contributed by atoms with Crippen LogP contribution in [0.25, 0.3) is 0 Å². The van der Waals surface area contributed by atoms with Gasteiger partial charge >= 0.3 is 0 Å². The fraction of sp³-hybridized carbons (Fsp3) is 0.611. The smallest absolute Gasteiger partial charge is 0.226 e. The highest BCUT2D eigenvalue weighted by atomic mass is 16.2. The van der Waals surface area contributed by atoms with Crippen molar-refractivity contribution in [3.05, 3.63) is 35.4 Å². The number of piperidine rings is 1. The van der Waals surface area contributed by atoms with Gasteiger partial charge in [0.05, 0.1) is 0 Å². The van der Waals surface area contributed by atoms with E-state index in [0.717, 1.165) is 38.9 Å². The summed E-state index contributed by atoms with van der Waals surface area (Å²) in [6.07, 6.45) is 3.09. The van der Waals surface area contributed by atoms with E-state index in [4.69, 9.17) is 0 Å². The maximum atomic E-state index is 12.8. The molecular formula is C18H26N2O. The van der Waals surface area contributed by atoms with Crippen molar-refractivity contribution in [2.45, 2.75) is 45.1 Å². The molecule has 2 saturated heterocycles. The molecule has 0 bridgehead atoms. The molecule has 3 nitrogen and oxygen atoms in total. The molecule has 3 heteroatoms. The van der Waals surface area contributed by atoms with Crippen LogP contribution in [-0.2, 0) is 4.79 Å². The summed E-state index contributed by atoms with van der Waals surface area (Å²) in [5, 5.41) is 3.34. The highest BCUT2D eigenvalue weighted by molar-refractivity contribution is 5.79. The third-order valence-electron chi connectivity index (χ3n) is 5.17. The molecule has 2 atom stereocenters. The molecule has 2 heterocycles. The zero-order valence-corrected chi connectivity index (χ0v) is 13.1. The van der Waals surface area contributed by atoms with E-state index in [-0.39, 0.29) is 5.92 Å². The van der Waals surface area contributed by atoms with Gasteiger partial charge in [-0.05, 0) is 57.3 Å². The van der Waals surface area contributed by atoms with Gasteiger partial charge in [0, 0.05) is 24.4 Å². The quantitative estimate of drug-likeness (QED) is 0.906. The van der Waals surface area contributed by atoms with Crippen LogP contribution in [0.1, 0.15) is 43.2 Å². The summed E-state index contributed by atoms with van der Waals surface area (Å²) in [6.45, 7) is 7.25. The van der Waals surface area contributed by atoms with E-state index in [0.29, 0.717) is 17.9 Å². The van der Waals surface area contributed by atoms with Crippen LogP contribution in [0.15, 0.2) is 24.3 Å². The van der Waals surface area contributed by atoms with Gasteiger partial charge in [-0.2, -0.15) is 0 Å². The molecule has 1 amide bonds. The second-order valence-corrected chi connectivity index (χ2v) is 6.65. The van der Waals surface area contributed by atoms with Crippen molar-refractivity contribution >= 4 is 5.91 Å². The summed E-state index contributed by atoms with van der Waals surface area (Å²) in [5.74, 6) is 1.14. The van der Waals surface area contributed by atoms with Gasteiger partial charge in [0.2, 0.25) is 5.91 Å². The fourth-order valence-corrected chi connectivity index (χ4v) is 3.91. The molecule has 0 unspecified atom stereocenters. The van der Waals surface area contributed by atoms with E-state index in [1.165, 1.54) is 11.1 Å². The van der Waals surface area contributed by atoms with E-state index < -0.39 is 0 Å². The van der Waals surface area contributed by atoms with Crippen LogP contribution in [0.4, 0.5) is 0 Å². The largest absolute Gasteiger partial charge is 0.339 e. The van der Waals surface area contributed by atoms with Crippen LogP contribution in [-0.4, -0.2) is 36.5 Å². The molecule has 1 aromatic carbocycles. The van der Waals surface area contributed by atoms with Crippen molar-refractivity contribution in [1.82, 2.24) is 10.2 Å². The first-order valence-corrected chi connectivity index (χ1v) is 8.23. The van der Waals surface area contributed by atoms with Crippen LogP contribution < -0.4 is 5.32 Å². The van der Waals surface area contributed by atoms with Crippen molar-refractivity contribution in [3.63, 3.8) is 0 Å². The molecule has 0 saturated carbocycles. The molecule has 0 aromatic heterocycles. The lowest BCUT2D eigenvalue weighted by atomic mass is 9.93. The van der Waals surface area contributed by atoms with Crippen molar-refractivity contribution < 1.29 is 4.79 Å². The predicted octanol–water partition coefficient (Wildman–Crippen LogP) is 2.70. The fourth-order valence-electron chi connectivity index (χ4n) is 3.91. The van der Waals surface area contributed by atoms with E-state index in [2.05, 4.69) is 48.3 Å². The average molecular weight is 286 g/mol. The Kier molecular flexibility index (Phi) is 4.29. The van der Waals surface area contributed by atoms with Gasteiger partial charge in [-0.25, -0.2) is 0 Å². The third kappa shape index (κ3) is 2.98. The van der Waals surface area contributed by atoms with Gasteiger partial charge in [0.25, 0.3) is 0 Å². The second-order valence-electron chi connectivity index (χ2n) is 6.65. The number of carbonyl (C=O) groups is 1. The van der Waals surface area contributed by atoms with E-state index >= 15 is 0 Å². The maximum absolute atomic E-state index is 12.8. The van der Waals surface area contributed by atoms with Crippen LogP contribution >= 0.6 is 0 Å². The molecule has 2 aliphatic heterocycles. The summed E-state index contributed by atoms with van der Waals surface area (Å²) in [5.41, 5.74) is 2.77. The van der Waals surface area contributed by atoms with Crippen LogP contribution in [0.2, 0.25) is 0 Å². The lowest BCUT2D eigenvalue weighted by Crippen LogP contribution is -2.42. The Morgan fingerprint density at radius 2 is 1.95 bits per heavy atom. The van der Waals surface area contributed by atoms with Gasteiger partial charge in [0.15, 0.2) is 0 Å². The van der Waals surface area contributed by atoms with Gasteiger partial charge in [0.1, 0.15) is 0 Å². The Bertz CT molecular complexity index is 508. The lowest BCUT2D eigenvalue weighted by molar-refractivity contribution is -0.136. The zero-order chi connectivity index (χ0) is 14.8. The molecule has 1 N–H and O–H groups in total. The molecular weight excluding hydrogens is 260 g/mol. The van der Waals surface area contributed by atoms with Crippen molar-refractivity contribution in [3.8, 4) is 0 Å². The first-order valence-electron chi connectivity index (χ1n) is 8.23. The Morgan fingerprint density at radius 3 is 2.67 bits per heavy atom. The Balaban J connectivity index is 1.71. The zero-order valence-electron chi connectivity index (χ0n) is 13.1. The summed E-state index contributed by atoms with van der Waals surface area (Å²) in [7, 11) is 0. The minimum Gasteiger partial charge on any atom is -0.339 e. The number of rotatable bonds is 2. The summed E-state index contributed by atoms with van der Waals surface area (Å²) in [4.78, 5) is 14.9. The number of aryl methyl sites for hydroxylation is 1. The highest BCUT2D eigenvalue weighted by Gasteiger charge is 2.36. The van der Waals surface area contributed by atoms with E-state index in [1.54, 1.807) is 0 Å². The summed E-state index contributed by atoms with van der Waals surface area (Å²) in [6, 6.07) is 8.99. The number of likely N-dealkylation sites (tertiary alicyclic amines) is 1. The number of hydrogen-bond acceptors (Lipinski definition) is 2. The van der Waals surface area contributed by atoms with E-state index in [9.17, 15) is 4.79 Å². The number of hydrogen-bond donors (Lipinski definition) is 1. The normalized spacial score (nSPS) is 27.0. The molecule has 0 spiro atoms. The van der Waals surface area contributed by atoms with Crippen LogP contribution in [0.3, 0.4) is 0 Å². The van der Waals surface area contributed by atoms with Crippen LogP contribution in [0, 0.1) is 12.8 Å². The first kappa shape index (κ1) is 14.6. The number of nitrogens with one attached hydrogen (secondary N) is 1. The standard InChI is InChI=1S/C18H26N2O/c1-13-5-3-4-6-17(13)16-11-14(2)20(12-16)18(21)15-7-9-19-10-8-15/h3-6,14-16,19H,7-12H2,1-2H3/t14-,16+/m1/s1. The number of benzene rings is 1. The summed E-state index contributed by atoms with van der Waals surface area (Å²) >= 11 is 0. The Labute approximate surface area is 127 Å². The highest BCUT2D eigenvalue weighted by Crippen LogP contribution is 2.34. The molecule has 1 aromatic rings. The van der Waals surface area contributed by atoms with Crippen molar-refractivity contribution in [1.29, 1.82) is 0 Å². The number of carbonyl (C=O) groups excluding carboxylic acids is 1. The Hall–Kier alpha value is -1.35. The first-order chi connectivity index (χ1) is 10.2. The van der Waals surface area contributed by atoms with Gasteiger partial charge in [-0.15, -0.1) is 0 Å². The van der Waals surface area contributed by atoms with Crippen molar-refractivity contribution in [2.75, 3.05) is 19.6 Å². The average Bonchev–Trinajstić information content (AvgIpc) is 2.89. The molecule has 114 valence electrons. The molecule has 0 radical (unpaired) electrons. The molecule has 2 fully saturated rings. The molecule has 2 aliphatic rings. The lowest BCUT2D eigenvalue weighted by Gasteiger charge is -2.29. The van der Waals surface area contributed by atoms with Gasteiger partial charge in [-0.3, -0.25) is 4.79 Å². The maximum Gasteiger partial charge on any atom is 0.226 e. The monoisotopic (exact) mass is 286 g/mol. The topological polar surface area (TPSA) is 32.3 Å². The third-order valence-corrected chi connectivity index (χ3v) is 5.17. The number of nitrogens with zero attached hydrogens (tertiary/aromatic N) is 1. The number of amides is 1. The second kappa shape index (κ2) is 6.18. The van der Waals surface area contributed by atoms with E-state index in [1.807, 2.05) is 0 Å². The Morgan fingerprint density at radius 1 is 1.24 bits per heavy atom. The molecule has 3 rings (SSSR count). The molecule has 21 heavy (non-hydrogen) atoms. The van der Waals surface area contributed by atoms with Gasteiger partial charge in [-0.1, -0.05) is 24.3 Å².